The zero-order valence-corrected chi connectivity index (χ0v) is 23.8. The van der Waals surface area contributed by atoms with Crippen molar-refractivity contribution in [3.63, 3.8) is 0 Å². The number of ether oxygens (including phenoxy) is 4. The van der Waals surface area contributed by atoms with Crippen molar-refractivity contribution in [3.8, 4) is 23.0 Å². The van der Waals surface area contributed by atoms with Gasteiger partial charge in [-0.15, -0.1) is 0 Å². The molecular formula is C31H28N2O7S. The highest BCUT2D eigenvalue weighted by molar-refractivity contribution is 7.22. The Morgan fingerprint density at radius 3 is 2.59 bits per heavy atom. The predicted molar refractivity (Wildman–Crippen MR) is 155 cm³/mol. The number of Topliss-reactive ketones (excluding diaryl/α,β-unsaturated/α-hetero) is 1. The summed E-state index contributed by atoms with van der Waals surface area (Å²) in [7, 11) is 1.52. The van der Waals surface area contributed by atoms with Gasteiger partial charge in [0.2, 0.25) is 0 Å². The van der Waals surface area contributed by atoms with Crippen LogP contribution >= 0.6 is 11.3 Å². The molecule has 0 spiro atoms. The number of aryl methyl sites for hydroxylation is 2. The number of rotatable bonds is 6. The molecule has 41 heavy (non-hydrogen) atoms. The third kappa shape index (κ3) is 4.54. The summed E-state index contributed by atoms with van der Waals surface area (Å²) in [5, 5.41) is 12.0. The van der Waals surface area contributed by atoms with Gasteiger partial charge in [-0.05, 0) is 73.9 Å². The molecular weight excluding hydrogens is 544 g/mol. The summed E-state index contributed by atoms with van der Waals surface area (Å²) in [4.78, 5) is 33.6. The highest BCUT2D eigenvalue weighted by Gasteiger charge is 2.48. The number of anilines is 1. The second kappa shape index (κ2) is 10.4. The van der Waals surface area contributed by atoms with Crippen molar-refractivity contribution >= 4 is 44.1 Å². The van der Waals surface area contributed by atoms with Crippen LogP contribution in [0.5, 0.6) is 23.0 Å². The van der Waals surface area contributed by atoms with Crippen LogP contribution in [0, 0.1) is 13.8 Å². The van der Waals surface area contributed by atoms with Crippen molar-refractivity contribution in [2.75, 3.05) is 31.8 Å². The molecule has 6 rings (SSSR count). The normalized spacial score (nSPS) is 17.8. The lowest BCUT2D eigenvalue weighted by molar-refractivity contribution is -0.132. The Bertz CT molecular complexity index is 1740. The van der Waals surface area contributed by atoms with Gasteiger partial charge in [0, 0.05) is 5.56 Å². The molecule has 4 aromatic rings. The van der Waals surface area contributed by atoms with Gasteiger partial charge in [0.05, 0.1) is 35.5 Å². The van der Waals surface area contributed by atoms with Gasteiger partial charge in [-0.1, -0.05) is 23.5 Å². The molecule has 1 amide bonds. The van der Waals surface area contributed by atoms with Gasteiger partial charge >= 0.3 is 5.91 Å². The van der Waals surface area contributed by atoms with E-state index in [-0.39, 0.29) is 11.3 Å². The Morgan fingerprint density at radius 2 is 1.83 bits per heavy atom. The second-order valence-corrected chi connectivity index (χ2v) is 10.8. The Balaban J connectivity index is 1.56. The number of methoxy groups -OCH3 is 1. The van der Waals surface area contributed by atoms with Crippen LogP contribution < -0.4 is 23.8 Å². The Labute approximate surface area is 240 Å². The molecule has 210 valence electrons. The average molecular weight is 573 g/mol. The van der Waals surface area contributed by atoms with Crippen LogP contribution in [0.1, 0.15) is 35.2 Å². The average Bonchev–Trinajstić information content (AvgIpc) is 3.51. The van der Waals surface area contributed by atoms with Gasteiger partial charge in [0.1, 0.15) is 19.0 Å². The van der Waals surface area contributed by atoms with E-state index in [1.54, 1.807) is 36.4 Å². The number of ketones is 1. The van der Waals surface area contributed by atoms with Crippen molar-refractivity contribution in [1.29, 1.82) is 0 Å². The molecule has 1 saturated heterocycles. The fourth-order valence-electron chi connectivity index (χ4n) is 5.28. The first-order valence-corrected chi connectivity index (χ1v) is 14.0. The van der Waals surface area contributed by atoms with Crippen molar-refractivity contribution in [2.24, 2.45) is 0 Å². The summed E-state index contributed by atoms with van der Waals surface area (Å²) in [5.74, 6) is 0.0253. The van der Waals surface area contributed by atoms with Crippen LogP contribution in [0.25, 0.3) is 16.0 Å². The van der Waals surface area contributed by atoms with Crippen LogP contribution in [0.4, 0.5) is 5.13 Å². The van der Waals surface area contributed by atoms with Gasteiger partial charge in [-0.25, -0.2) is 4.98 Å². The number of amides is 1. The third-order valence-corrected chi connectivity index (χ3v) is 8.09. The molecule has 2 aliphatic rings. The molecule has 3 heterocycles. The molecule has 1 fully saturated rings. The van der Waals surface area contributed by atoms with Gasteiger partial charge in [-0.2, -0.15) is 0 Å². The number of hydrogen-bond donors (Lipinski definition) is 1. The Morgan fingerprint density at radius 1 is 1.05 bits per heavy atom. The number of nitrogens with zero attached hydrogens (tertiary/aromatic N) is 2. The molecule has 1 N–H and O–H groups in total. The number of carbonyl (C=O) groups is 2. The molecule has 0 aliphatic carbocycles. The molecule has 0 unspecified atom stereocenters. The van der Waals surface area contributed by atoms with E-state index < -0.39 is 17.7 Å². The van der Waals surface area contributed by atoms with Crippen molar-refractivity contribution in [3.05, 3.63) is 76.4 Å². The van der Waals surface area contributed by atoms with E-state index in [4.69, 9.17) is 23.9 Å². The van der Waals surface area contributed by atoms with Crippen LogP contribution in [0.2, 0.25) is 0 Å². The number of aromatic nitrogens is 1. The summed E-state index contributed by atoms with van der Waals surface area (Å²) in [6.45, 7) is 7.05. The number of carbonyl (C=O) groups excluding carboxylic acids is 2. The summed E-state index contributed by atoms with van der Waals surface area (Å²) in [6.07, 6.45) is 0. The van der Waals surface area contributed by atoms with E-state index in [2.05, 4.69) is 0 Å². The first-order valence-electron chi connectivity index (χ1n) is 13.2. The van der Waals surface area contributed by atoms with E-state index in [0.29, 0.717) is 59.1 Å². The number of thiazole rings is 1. The quantitative estimate of drug-likeness (QED) is 0.178. The molecule has 1 aromatic heterocycles. The number of aliphatic hydroxyl groups is 1. The molecule has 1 atom stereocenters. The molecule has 2 aliphatic heterocycles. The van der Waals surface area contributed by atoms with Crippen LogP contribution in [0.3, 0.4) is 0 Å². The SMILES string of the molecule is CCOc1ccc([C@@H]2C(=C(O)c3ccc4c(c3)OCCO4)C(=O)C(=O)N2c2nc3c(C)cc(C)cc3s2)cc1OC. The lowest BCUT2D eigenvalue weighted by Crippen LogP contribution is -2.29. The van der Waals surface area contributed by atoms with E-state index in [1.165, 1.54) is 23.3 Å². The van der Waals surface area contributed by atoms with Crippen LogP contribution in [-0.2, 0) is 9.59 Å². The molecule has 10 heteroatoms. The molecule has 9 nitrogen and oxygen atoms in total. The van der Waals surface area contributed by atoms with Crippen molar-refractivity contribution < 1.29 is 33.6 Å². The highest BCUT2D eigenvalue weighted by Crippen LogP contribution is 2.46. The van der Waals surface area contributed by atoms with E-state index in [9.17, 15) is 14.7 Å². The zero-order chi connectivity index (χ0) is 28.8. The van der Waals surface area contributed by atoms with Crippen LogP contribution in [-0.4, -0.2) is 48.7 Å². The minimum Gasteiger partial charge on any atom is -0.507 e. The smallest absolute Gasteiger partial charge is 0.301 e. The lowest BCUT2D eigenvalue weighted by atomic mass is 9.95. The zero-order valence-electron chi connectivity index (χ0n) is 23.0. The largest absolute Gasteiger partial charge is 0.507 e. The third-order valence-electron chi connectivity index (χ3n) is 7.09. The maximum absolute atomic E-state index is 13.7. The number of fused-ring (bicyclic) bond motifs is 2. The molecule has 0 saturated carbocycles. The summed E-state index contributed by atoms with van der Waals surface area (Å²) < 4.78 is 23.5. The number of benzene rings is 3. The maximum atomic E-state index is 13.7. The maximum Gasteiger partial charge on any atom is 0.301 e. The first-order chi connectivity index (χ1) is 19.8. The van der Waals surface area contributed by atoms with Gasteiger partial charge < -0.3 is 24.1 Å². The van der Waals surface area contributed by atoms with E-state index in [0.717, 1.165) is 21.3 Å². The summed E-state index contributed by atoms with van der Waals surface area (Å²) >= 11 is 1.32. The van der Waals surface area contributed by atoms with Crippen molar-refractivity contribution in [2.45, 2.75) is 26.8 Å². The molecule has 0 radical (unpaired) electrons. The van der Waals surface area contributed by atoms with E-state index in [1.807, 2.05) is 32.9 Å². The summed E-state index contributed by atoms with van der Waals surface area (Å²) in [5.41, 5.74) is 3.60. The topological polar surface area (TPSA) is 107 Å². The van der Waals surface area contributed by atoms with Crippen LogP contribution in [0.15, 0.2) is 54.1 Å². The Hall–Kier alpha value is -4.57. The lowest BCUT2D eigenvalue weighted by Gasteiger charge is -2.24. The number of hydrogen-bond acceptors (Lipinski definition) is 9. The standard InChI is InChI=1S/C31H28N2O7S/c1-5-38-20-8-6-18(14-22(20)37-4)27-25(28(34)19-7-9-21-23(15-19)40-11-10-39-21)29(35)30(36)33(27)31-32-26-17(3)12-16(2)13-24(26)41-31/h6-9,12-15,27,34H,5,10-11H2,1-4H3/t27-/m1/s1. The minimum atomic E-state index is -0.977. The fraction of sp³-hybridized carbons (Fsp3) is 0.258. The van der Waals surface area contributed by atoms with Gasteiger partial charge in [0.15, 0.2) is 28.1 Å². The minimum absolute atomic E-state index is 0.0648. The summed E-state index contributed by atoms with van der Waals surface area (Å²) in [6, 6.07) is 13.2. The first kappa shape index (κ1) is 26.6. The monoisotopic (exact) mass is 572 g/mol. The molecule has 0 bridgehead atoms. The van der Waals surface area contributed by atoms with Crippen molar-refractivity contribution in [1.82, 2.24) is 4.98 Å². The Kier molecular flexibility index (Phi) is 6.78. The fourth-order valence-corrected chi connectivity index (χ4v) is 6.45. The van der Waals surface area contributed by atoms with E-state index >= 15 is 0 Å². The second-order valence-electron chi connectivity index (χ2n) is 9.80. The van der Waals surface area contributed by atoms with Gasteiger partial charge in [-0.3, -0.25) is 14.5 Å². The highest BCUT2D eigenvalue weighted by atomic mass is 32.1. The van der Waals surface area contributed by atoms with Gasteiger partial charge in [0.25, 0.3) is 5.78 Å². The predicted octanol–water partition coefficient (Wildman–Crippen LogP) is 5.72. The number of aliphatic hydroxyl groups excluding tert-OH is 1. The molecule has 3 aromatic carbocycles.